The van der Waals surface area contributed by atoms with Gasteiger partial charge in [0, 0.05) is 55.2 Å². The third kappa shape index (κ3) is 10.3. The van der Waals surface area contributed by atoms with Crippen molar-refractivity contribution in [1.82, 2.24) is 4.90 Å². The van der Waals surface area contributed by atoms with E-state index in [1.165, 1.54) is 36.2 Å². The number of thioether (sulfide) groups is 2. The van der Waals surface area contributed by atoms with Gasteiger partial charge in [-0.1, -0.05) is 30.3 Å². The topological polar surface area (TPSA) is 56.2 Å². The maximum absolute atomic E-state index is 16.2. The van der Waals surface area contributed by atoms with Crippen molar-refractivity contribution in [1.29, 1.82) is 0 Å². The van der Waals surface area contributed by atoms with E-state index in [1.54, 1.807) is 30.3 Å². The molecule has 0 aromatic heterocycles. The first-order chi connectivity index (χ1) is 35.8. The number of hydrogen-bond donors (Lipinski definition) is 0. The van der Waals surface area contributed by atoms with Gasteiger partial charge in [0.15, 0.2) is 69.8 Å². The molecule has 2 aliphatic rings. The number of benzene rings is 6. The number of hydrogen-bond acceptors (Lipinski definition) is 7. The summed E-state index contributed by atoms with van der Waals surface area (Å²) in [7, 11) is 0. The molecule has 0 saturated carbocycles. The average molecular weight is 1120 g/mol. The first-order valence-electron chi connectivity index (χ1n) is 21.9. The van der Waals surface area contributed by atoms with Gasteiger partial charge in [-0.15, -0.1) is 23.5 Å². The Morgan fingerprint density at radius 2 is 1.05 bits per heavy atom. The zero-order valence-electron chi connectivity index (χ0n) is 38.2. The molecule has 26 heteroatoms. The second-order valence-corrected chi connectivity index (χ2v) is 18.9. The third-order valence-corrected chi connectivity index (χ3v) is 14.6. The molecule has 76 heavy (non-hydrogen) atoms. The van der Waals surface area contributed by atoms with Crippen LogP contribution < -0.4 is 9.91 Å². The molecular weight excluding hydrogens is 1090 g/mol. The van der Waals surface area contributed by atoms with Gasteiger partial charge >= 0.3 is 12.4 Å². The van der Waals surface area contributed by atoms with E-state index in [2.05, 4.69) is 5.10 Å². The summed E-state index contributed by atoms with van der Waals surface area (Å²) in [5.74, 6) is -31.1. The number of alkyl halides is 6. The Bertz CT molecular complexity index is 3140. The highest BCUT2D eigenvalue weighted by molar-refractivity contribution is 7.98. The molecule has 2 heterocycles. The number of carbonyl (C=O) groups excluding carboxylic acids is 2. The number of carbonyl (C=O) groups is 2. The highest BCUT2D eigenvalue weighted by Gasteiger charge is 2.44. The fourth-order valence-electron chi connectivity index (χ4n) is 8.54. The van der Waals surface area contributed by atoms with E-state index in [0.29, 0.717) is 23.1 Å². The Labute approximate surface area is 426 Å². The summed E-state index contributed by atoms with van der Waals surface area (Å²) >= 11 is -0.245. The molecule has 0 aliphatic carbocycles. The molecule has 0 N–H and O–H groups in total. The van der Waals surface area contributed by atoms with E-state index in [1.807, 2.05) is 0 Å². The summed E-state index contributed by atoms with van der Waals surface area (Å²) in [6, 6.07) is 15.7. The van der Waals surface area contributed by atoms with Crippen LogP contribution in [-0.4, -0.2) is 49.0 Å². The molecule has 1 fully saturated rings. The molecule has 6 nitrogen and oxygen atoms in total. The summed E-state index contributed by atoms with van der Waals surface area (Å²) < 4.78 is 262. The lowest BCUT2D eigenvalue weighted by molar-refractivity contribution is -0.144. The molecule has 1 atom stereocenters. The minimum atomic E-state index is -5.89. The normalized spacial score (nSPS) is 15.2. The number of aldehydes is 1. The van der Waals surface area contributed by atoms with Gasteiger partial charge in [0.05, 0.1) is 32.8 Å². The Morgan fingerprint density at radius 3 is 1.47 bits per heavy atom. The van der Waals surface area contributed by atoms with Crippen LogP contribution in [0.1, 0.15) is 72.1 Å². The first-order valence-corrected chi connectivity index (χ1v) is 23.8. The van der Waals surface area contributed by atoms with Crippen LogP contribution in [0.25, 0.3) is 0 Å². The van der Waals surface area contributed by atoms with Crippen LogP contribution in [0, 0.1) is 76.7 Å². The molecule has 1 saturated heterocycles. The molecule has 2 aliphatic heterocycles. The zero-order chi connectivity index (χ0) is 55.5. The molecule has 400 valence electrons. The quantitative estimate of drug-likeness (QED) is 0.0527. The van der Waals surface area contributed by atoms with Crippen molar-refractivity contribution >= 4 is 52.8 Å². The van der Waals surface area contributed by atoms with Crippen molar-refractivity contribution in [2.75, 3.05) is 36.1 Å². The highest BCUT2D eigenvalue weighted by Crippen LogP contribution is 2.44. The predicted molar refractivity (Wildman–Crippen MR) is 242 cm³/mol. The van der Waals surface area contributed by atoms with Crippen molar-refractivity contribution in [3.05, 3.63) is 187 Å². The Morgan fingerprint density at radius 1 is 0.605 bits per heavy atom. The summed E-state index contributed by atoms with van der Waals surface area (Å²) in [5, 5.41) is 5.73. The largest absolute Gasteiger partial charge is 0.422 e. The molecule has 0 bridgehead atoms. The van der Waals surface area contributed by atoms with Gasteiger partial charge in [0.1, 0.15) is 23.1 Å². The van der Waals surface area contributed by atoms with E-state index in [-0.39, 0.29) is 52.3 Å². The number of nitrogens with zero attached hydrogens (tertiary/aromatic N) is 4. The van der Waals surface area contributed by atoms with Crippen LogP contribution in [-0.2, 0) is 23.9 Å². The predicted octanol–water partition coefficient (Wildman–Crippen LogP) is 14.4. The zero-order valence-corrected chi connectivity index (χ0v) is 39.8. The second kappa shape index (κ2) is 21.3. The second-order valence-electron chi connectivity index (χ2n) is 16.9. The van der Waals surface area contributed by atoms with Crippen LogP contribution in [0.5, 0.6) is 0 Å². The van der Waals surface area contributed by atoms with Gasteiger partial charge < -0.3 is 9.80 Å². The van der Waals surface area contributed by atoms with E-state index in [0.717, 1.165) is 21.9 Å². The maximum atomic E-state index is 16.2. The van der Waals surface area contributed by atoms with Crippen LogP contribution in [0.15, 0.2) is 81.6 Å². The van der Waals surface area contributed by atoms with E-state index in [4.69, 9.17) is 0 Å². The van der Waals surface area contributed by atoms with Crippen LogP contribution in [0.4, 0.5) is 90.4 Å². The third-order valence-electron chi connectivity index (χ3n) is 12.4. The molecule has 6 aromatic rings. The van der Waals surface area contributed by atoms with Crippen LogP contribution in [0.2, 0.25) is 0 Å². The van der Waals surface area contributed by atoms with Crippen molar-refractivity contribution in [2.24, 2.45) is 5.10 Å². The van der Waals surface area contributed by atoms with Gasteiger partial charge in [-0.25, -0.2) is 52.7 Å². The Hall–Kier alpha value is -6.83. The smallest absolute Gasteiger partial charge is 0.363 e. The molecule has 1 unspecified atom stereocenters. The molecule has 0 spiro atoms. The van der Waals surface area contributed by atoms with Gasteiger partial charge in [0.2, 0.25) is 0 Å². The van der Waals surface area contributed by atoms with Crippen molar-refractivity contribution < 1.29 is 88.6 Å². The van der Waals surface area contributed by atoms with Crippen molar-refractivity contribution in [3.8, 4) is 0 Å². The molecule has 6 aromatic carbocycles. The maximum Gasteiger partial charge on any atom is 0.422 e. The highest BCUT2D eigenvalue weighted by atomic mass is 32.2. The standard InChI is InChI=1S/C50H30F18N4O2S2/c1-21-25(19-75-46-41(59)35(53)31(49(63,64)65)36(54)42(46)60)15-24(16-26(21)20-76-47-43(61)37(55)32(50(66,67)68)38(56)44(47)62)48(74)71-13-11-70(12-14-71)45-39(57)33(51)30(34(52)40(45)58)28-17-29(23-5-3-2-4-6-23)72(69-28)27-9-7-22(18-73)8-10-27/h2-10,15-16,18,29H,11-14,17,19-20H2,1H3. The molecular formula is C50H30F18N4O2S2. The number of piperazine rings is 1. The lowest BCUT2D eigenvalue weighted by atomic mass is 9.96. The molecule has 1 amide bonds. The Balaban J connectivity index is 1.08. The van der Waals surface area contributed by atoms with Crippen molar-refractivity contribution in [2.45, 2.75) is 53.0 Å². The number of amides is 1. The van der Waals surface area contributed by atoms with Gasteiger partial charge in [-0.2, -0.15) is 31.4 Å². The summed E-state index contributed by atoms with van der Waals surface area (Å²) in [6.07, 6.45) is -11.4. The summed E-state index contributed by atoms with van der Waals surface area (Å²) in [5.41, 5.74) is -8.13. The van der Waals surface area contributed by atoms with Crippen molar-refractivity contribution in [3.63, 3.8) is 0 Å². The lowest BCUT2D eigenvalue weighted by Gasteiger charge is -2.36. The summed E-state index contributed by atoms with van der Waals surface area (Å²) in [6.45, 7) is -0.823. The fourth-order valence-corrected chi connectivity index (χ4v) is 10.6. The number of hydrazone groups is 1. The van der Waals surface area contributed by atoms with Gasteiger partial charge in [-0.3, -0.25) is 14.6 Å². The Kier molecular flexibility index (Phi) is 15.5. The monoisotopic (exact) mass is 1120 g/mol. The molecule has 0 radical (unpaired) electrons. The van der Waals surface area contributed by atoms with Crippen LogP contribution in [0.3, 0.4) is 0 Å². The minimum Gasteiger partial charge on any atom is -0.363 e. The first kappa shape index (κ1) is 55.4. The number of halogens is 18. The SMILES string of the molecule is Cc1c(CSc2c(F)c(F)c(C(F)(F)F)c(F)c2F)cc(C(=O)N2CCN(c3c(F)c(F)c(C4=NN(c5ccc(C=O)cc5)C(c5ccccc5)C4)c(F)c3F)CC2)cc1CSc1c(F)c(F)c(C(F)(F)F)c(F)c1F. The van der Waals surface area contributed by atoms with Crippen LogP contribution >= 0.6 is 23.5 Å². The lowest BCUT2D eigenvalue weighted by Crippen LogP contribution is -2.49. The number of anilines is 2. The van der Waals surface area contributed by atoms with E-state index < -0.39 is 170 Å². The minimum absolute atomic E-state index is 0.0951. The van der Waals surface area contributed by atoms with E-state index in [9.17, 15) is 71.1 Å². The number of rotatable bonds is 12. The summed E-state index contributed by atoms with van der Waals surface area (Å²) in [4.78, 5) is 24.1. The van der Waals surface area contributed by atoms with E-state index >= 15 is 17.6 Å². The molecule has 8 rings (SSSR count). The van der Waals surface area contributed by atoms with Gasteiger partial charge in [0.25, 0.3) is 5.91 Å². The van der Waals surface area contributed by atoms with Gasteiger partial charge in [-0.05, 0) is 65.6 Å². The average Bonchev–Trinajstić information content (AvgIpc) is 3.84. The fraction of sp³-hybridized carbons (Fsp3) is 0.220.